The predicted molar refractivity (Wildman–Crippen MR) is 97.6 cm³/mol. The Morgan fingerprint density at radius 1 is 1.13 bits per heavy atom. The lowest BCUT2D eigenvalue weighted by Gasteiger charge is -2.12. The molecule has 5 nitrogen and oxygen atoms in total. The highest BCUT2D eigenvalue weighted by molar-refractivity contribution is 7.80. The highest BCUT2D eigenvalue weighted by Gasteiger charge is 2.03. The molecule has 0 aliphatic carbocycles. The summed E-state index contributed by atoms with van der Waals surface area (Å²) >= 11 is 5.23. The zero-order valence-electron chi connectivity index (χ0n) is 13.1. The molecule has 0 saturated heterocycles. The van der Waals surface area contributed by atoms with Gasteiger partial charge in [-0.1, -0.05) is 24.3 Å². The van der Waals surface area contributed by atoms with Gasteiger partial charge in [-0.05, 0) is 43.4 Å². The standard InChI is InChI=1S/C17H19N3O2S/c1-3-22-16-11-7-5-9-14(16)19-17(23)20-18-12-13-8-4-6-10-15(13)21-2/h4-12H,3H2,1-2H3,(H2,19,20,23). The number of anilines is 1. The summed E-state index contributed by atoms with van der Waals surface area (Å²) in [4.78, 5) is 0. The zero-order chi connectivity index (χ0) is 16.5. The minimum Gasteiger partial charge on any atom is -0.496 e. The van der Waals surface area contributed by atoms with Gasteiger partial charge in [-0.25, -0.2) is 0 Å². The van der Waals surface area contributed by atoms with Crippen molar-refractivity contribution in [1.82, 2.24) is 5.43 Å². The summed E-state index contributed by atoms with van der Waals surface area (Å²) in [5.74, 6) is 1.49. The molecule has 0 fully saturated rings. The number of ether oxygens (including phenoxy) is 2. The molecule has 2 aromatic carbocycles. The van der Waals surface area contributed by atoms with Gasteiger partial charge in [0.2, 0.25) is 0 Å². The molecule has 0 amide bonds. The molecule has 0 aliphatic heterocycles. The summed E-state index contributed by atoms with van der Waals surface area (Å²) in [6, 6.07) is 15.2. The lowest BCUT2D eigenvalue weighted by molar-refractivity contribution is 0.342. The number of nitrogens with one attached hydrogen (secondary N) is 2. The van der Waals surface area contributed by atoms with Crippen molar-refractivity contribution in [3.05, 3.63) is 54.1 Å². The second-order valence-electron chi connectivity index (χ2n) is 4.50. The van der Waals surface area contributed by atoms with Gasteiger partial charge in [-0.3, -0.25) is 5.43 Å². The first-order valence-corrected chi connectivity index (χ1v) is 7.60. The Bertz CT molecular complexity index is 689. The third-order valence-corrected chi connectivity index (χ3v) is 3.14. The summed E-state index contributed by atoms with van der Waals surface area (Å²) in [7, 11) is 1.62. The SMILES string of the molecule is CCOc1ccccc1NC(=S)NN=Cc1ccccc1OC. The van der Waals surface area contributed by atoms with Crippen molar-refractivity contribution < 1.29 is 9.47 Å². The molecule has 2 rings (SSSR count). The topological polar surface area (TPSA) is 54.9 Å². The molecular weight excluding hydrogens is 310 g/mol. The number of hydrazone groups is 1. The van der Waals surface area contributed by atoms with Crippen LogP contribution in [0.5, 0.6) is 11.5 Å². The molecule has 0 radical (unpaired) electrons. The van der Waals surface area contributed by atoms with Crippen LogP contribution >= 0.6 is 12.2 Å². The van der Waals surface area contributed by atoms with Crippen LogP contribution in [0.25, 0.3) is 0 Å². The highest BCUT2D eigenvalue weighted by atomic mass is 32.1. The number of nitrogens with zero attached hydrogens (tertiary/aromatic N) is 1. The third-order valence-electron chi connectivity index (χ3n) is 2.94. The Balaban J connectivity index is 1.96. The number of thiocarbonyl (C=S) groups is 1. The molecule has 0 aromatic heterocycles. The molecule has 2 aromatic rings. The number of methoxy groups -OCH3 is 1. The number of hydrogen-bond acceptors (Lipinski definition) is 4. The van der Waals surface area contributed by atoms with Crippen molar-refractivity contribution in [2.24, 2.45) is 5.10 Å². The van der Waals surface area contributed by atoms with E-state index in [2.05, 4.69) is 15.8 Å². The van der Waals surface area contributed by atoms with E-state index in [0.29, 0.717) is 11.7 Å². The van der Waals surface area contributed by atoms with E-state index in [1.165, 1.54) is 0 Å². The lowest BCUT2D eigenvalue weighted by atomic mass is 10.2. The van der Waals surface area contributed by atoms with E-state index in [-0.39, 0.29) is 0 Å². The summed E-state index contributed by atoms with van der Waals surface area (Å²) in [5, 5.41) is 7.56. The van der Waals surface area contributed by atoms with Crippen molar-refractivity contribution in [2.75, 3.05) is 19.0 Å². The first kappa shape index (κ1) is 16.8. The van der Waals surface area contributed by atoms with Gasteiger partial charge in [-0.2, -0.15) is 5.10 Å². The van der Waals surface area contributed by atoms with Crippen LogP contribution in [-0.4, -0.2) is 25.0 Å². The zero-order valence-corrected chi connectivity index (χ0v) is 13.9. The second-order valence-corrected chi connectivity index (χ2v) is 4.90. The van der Waals surface area contributed by atoms with Crippen molar-refractivity contribution in [3.8, 4) is 11.5 Å². The Hall–Kier alpha value is -2.60. The Morgan fingerprint density at radius 3 is 2.57 bits per heavy atom. The van der Waals surface area contributed by atoms with Crippen LogP contribution < -0.4 is 20.2 Å². The summed E-state index contributed by atoms with van der Waals surface area (Å²) in [6.45, 7) is 2.52. The van der Waals surface area contributed by atoms with Gasteiger partial charge >= 0.3 is 0 Å². The van der Waals surface area contributed by atoms with E-state index < -0.39 is 0 Å². The molecule has 0 atom stereocenters. The maximum atomic E-state index is 5.54. The molecule has 0 heterocycles. The summed E-state index contributed by atoms with van der Waals surface area (Å²) in [5.41, 5.74) is 4.43. The van der Waals surface area contributed by atoms with Gasteiger partial charge in [0.15, 0.2) is 5.11 Å². The lowest BCUT2D eigenvalue weighted by Crippen LogP contribution is -2.24. The number of hydrogen-bond donors (Lipinski definition) is 2. The highest BCUT2D eigenvalue weighted by Crippen LogP contribution is 2.23. The first-order chi connectivity index (χ1) is 11.2. The maximum absolute atomic E-state index is 5.54. The van der Waals surface area contributed by atoms with Gasteiger partial charge in [0, 0.05) is 5.56 Å². The Morgan fingerprint density at radius 2 is 1.83 bits per heavy atom. The monoisotopic (exact) mass is 329 g/mol. The molecule has 23 heavy (non-hydrogen) atoms. The van der Waals surface area contributed by atoms with E-state index in [4.69, 9.17) is 21.7 Å². The molecule has 0 aliphatic rings. The van der Waals surface area contributed by atoms with Crippen LogP contribution in [0.3, 0.4) is 0 Å². The van der Waals surface area contributed by atoms with Crippen molar-refractivity contribution in [3.63, 3.8) is 0 Å². The number of benzene rings is 2. The maximum Gasteiger partial charge on any atom is 0.191 e. The van der Waals surface area contributed by atoms with E-state index in [9.17, 15) is 0 Å². The van der Waals surface area contributed by atoms with Crippen LogP contribution in [-0.2, 0) is 0 Å². The molecule has 2 N–H and O–H groups in total. The van der Waals surface area contributed by atoms with Crippen LogP contribution in [0, 0.1) is 0 Å². The van der Waals surface area contributed by atoms with Crippen LogP contribution in [0.2, 0.25) is 0 Å². The minimum atomic E-state index is 0.378. The van der Waals surface area contributed by atoms with Crippen LogP contribution in [0.15, 0.2) is 53.6 Å². The third kappa shape index (κ3) is 4.96. The number of rotatable bonds is 6. The Labute approximate surface area is 141 Å². The molecule has 6 heteroatoms. The minimum absolute atomic E-state index is 0.378. The molecule has 0 saturated carbocycles. The molecule has 0 bridgehead atoms. The van der Waals surface area contributed by atoms with Crippen LogP contribution in [0.4, 0.5) is 5.69 Å². The normalized spacial score (nSPS) is 10.3. The smallest absolute Gasteiger partial charge is 0.191 e. The average molecular weight is 329 g/mol. The van der Waals surface area contributed by atoms with Crippen molar-refractivity contribution in [1.29, 1.82) is 0 Å². The van der Waals surface area contributed by atoms with Gasteiger partial charge in [0.25, 0.3) is 0 Å². The molecular formula is C17H19N3O2S. The van der Waals surface area contributed by atoms with Gasteiger partial charge in [0.1, 0.15) is 11.5 Å². The molecule has 120 valence electrons. The van der Waals surface area contributed by atoms with E-state index >= 15 is 0 Å². The van der Waals surface area contributed by atoms with Gasteiger partial charge in [0.05, 0.1) is 25.6 Å². The molecule has 0 spiro atoms. The number of para-hydroxylation sites is 3. The second kappa shape index (κ2) is 8.75. The largest absolute Gasteiger partial charge is 0.496 e. The summed E-state index contributed by atoms with van der Waals surface area (Å²) in [6.07, 6.45) is 1.65. The van der Waals surface area contributed by atoms with Crippen molar-refractivity contribution in [2.45, 2.75) is 6.92 Å². The fraction of sp³-hybridized carbons (Fsp3) is 0.176. The Kier molecular flexibility index (Phi) is 6.38. The van der Waals surface area contributed by atoms with E-state index in [1.54, 1.807) is 13.3 Å². The van der Waals surface area contributed by atoms with Gasteiger partial charge in [-0.15, -0.1) is 0 Å². The van der Waals surface area contributed by atoms with Gasteiger partial charge < -0.3 is 14.8 Å². The predicted octanol–water partition coefficient (Wildman–Crippen LogP) is 3.41. The van der Waals surface area contributed by atoms with E-state index in [1.807, 2.05) is 55.5 Å². The van der Waals surface area contributed by atoms with Crippen LogP contribution in [0.1, 0.15) is 12.5 Å². The fourth-order valence-electron chi connectivity index (χ4n) is 1.94. The van der Waals surface area contributed by atoms with Crippen molar-refractivity contribution >= 4 is 29.2 Å². The fourth-order valence-corrected chi connectivity index (χ4v) is 2.10. The quantitative estimate of drug-likeness (QED) is 0.483. The summed E-state index contributed by atoms with van der Waals surface area (Å²) < 4.78 is 10.8. The van der Waals surface area contributed by atoms with E-state index in [0.717, 1.165) is 22.7 Å². The average Bonchev–Trinajstić information content (AvgIpc) is 2.57. The molecule has 0 unspecified atom stereocenters. The first-order valence-electron chi connectivity index (χ1n) is 7.19.